The molecule has 0 saturated carbocycles. The van der Waals surface area contributed by atoms with Crippen LogP contribution in [0.4, 0.5) is 24.5 Å². The third-order valence-corrected chi connectivity index (χ3v) is 7.09. The summed E-state index contributed by atoms with van der Waals surface area (Å²) in [6.45, 7) is 7.20. The van der Waals surface area contributed by atoms with Crippen molar-refractivity contribution in [3.8, 4) is 22.7 Å². The minimum atomic E-state index is -4.87. The molecule has 1 saturated heterocycles. The number of likely N-dealkylation sites (N-methyl/N-ethyl adjacent to an activating group) is 1. The topological polar surface area (TPSA) is 104 Å². The van der Waals surface area contributed by atoms with Gasteiger partial charge in [-0.2, -0.15) is 5.10 Å². The van der Waals surface area contributed by atoms with Gasteiger partial charge in [-0.05, 0) is 63.5 Å². The summed E-state index contributed by atoms with van der Waals surface area (Å²) < 4.78 is 45.1. The van der Waals surface area contributed by atoms with E-state index in [0.717, 1.165) is 55.4 Å². The first kappa shape index (κ1) is 28.1. The molecule has 216 valence electrons. The molecule has 2 N–H and O–H groups in total. The maximum Gasteiger partial charge on any atom is 0.573 e. The highest BCUT2D eigenvalue weighted by Gasteiger charge is 2.31. The number of likely N-dealkylation sites (tertiary alicyclic amines) is 1. The summed E-state index contributed by atoms with van der Waals surface area (Å²) in [5.41, 5.74) is 4.74. The molecule has 0 aliphatic carbocycles. The standard InChI is InChI=1S/C28H31F3N8O2/c1-18-6-7-20(12-26(18)39-17-25(35-36-39)24-16-32-34-19(24)2)27(40)33-21-13-22(15-23(14-21)41-28(29,30)31)37(3)10-11-38-8-4-5-9-38/h6-7,12-17H,4-5,8-11H2,1-3H3,(H,32,34)(H,33,40). The zero-order valence-corrected chi connectivity index (χ0v) is 23.0. The number of alkyl halides is 3. The lowest BCUT2D eigenvalue weighted by Gasteiger charge is -2.24. The van der Waals surface area contributed by atoms with Crippen LogP contribution in [-0.2, 0) is 0 Å². The number of hydrogen-bond donors (Lipinski definition) is 2. The van der Waals surface area contributed by atoms with Gasteiger partial charge < -0.3 is 19.9 Å². The van der Waals surface area contributed by atoms with Crippen molar-refractivity contribution in [3.63, 3.8) is 0 Å². The zero-order valence-electron chi connectivity index (χ0n) is 23.0. The number of anilines is 2. The molecule has 13 heteroatoms. The minimum absolute atomic E-state index is 0.181. The molecule has 0 radical (unpaired) electrons. The average molecular weight is 569 g/mol. The molecule has 0 spiro atoms. The molecule has 1 aliphatic rings. The van der Waals surface area contributed by atoms with E-state index < -0.39 is 18.0 Å². The predicted molar refractivity (Wildman–Crippen MR) is 148 cm³/mol. The van der Waals surface area contributed by atoms with E-state index in [4.69, 9.17) is 0 Å². The van der Waals surface area contributed by atoms with Crippen molar-refractivity contribution in [2.24, 2.45) is 0 Å². The highest BCUT2D eigenvalue weighted by molar-refractivity contribution is 6.05. The van der Waals surface area contributed by atoms with E-state index in [2.05, 4.69) is 35.5 Å². The van der Waals surface area contributed by atoms with Crippen molar-refractivity contribution in [3.05, 3.63) is 65.6 Å². The number of carbonyl (C=O) groups excluding carboxylic acids is 1. The number of aromatic nitrogens is 5. The number of H-pyrrole nitrogens is 1. The smallest absolute Gasteiger partial charge is 0.406 e. The lowest BCUT2D eigenvalue weighted by atomic mass is 10.1. The van der Waals surface area contributed by atoms with E-state index in [1.807, 2.05) is 18.7 Å². The summed E-state index contributed by atoms with van der Waals surface area (Å²) in [6, 6.07) is 9.19. The molecule has 41 heavy (non-hydrogen) atoms. The number of halogens is 3. The van der Waals surface area contributed by atoms with Crippen LogP contribution in [-0.4, -0.2) is 75.6 Å². The van der Waals surface area contributed by atoms with Crippen LogP contribution < -0.4 is 15.0 Å². The van der Waals surface area contributed by atoms with Crippen LogP contribution >= 0.6 is 0 Å². The monoisotopic (exact) mass is 568 g/mol. The van der Waals surface area contributed by atoms with Gasteiger partial charge in [0.2, 0.25) is 0 Å². The fraction of sp³-hybridized carbons (Fsp3) is 0.357. The number of aryl methyl sites for hydroxylation is 2. The summed E-state index contributed by atoms with van der Waals surface area (Å²) in [5, 5.41) is 18.0. The van der Waals surface area contributed by atoms with Crippen LogP contribution in [0.2, 0.25) is 0 Å². The Labute approximate surface area is 235 Å². The van der Waals surface area contributed by atoms with Crippen LogP contribution in [0, 0.1) is 13.8 Å². The number of carbonyl (C=O) groups is 1. The molecule has 10 nitrogen and oxygen atoms in total. The van der Waals surface area contributed by atoms with Crippen LogP contribution in [0.15, 0.2) is 48.8 Å². The van der Waals surface area contributed by atoms with E-state index in [9.17, 15) is 18.0 Å². The first-order valence-electron chi connectivity index (χ1n) is 13.2. The van der Waals surface area contributed by atoms with Gasteiger partial charge in [0.05, 0.1) is 18.1 Å². The quantitative estimate of drug-likeness (QED) is 0.294. The van der Waals surface area contributed by atoms with Crippen LogP contribution in [0.25, 0.3) is 16.9 Å². The lowest BCUT2D eigenvalue weighted by molar-refractivity contribution is -0.274. The number of nitrogens with zero attached hydrogens (tertiary/aromatic N) is 6. The van der Waals surface area contributed by atoms with E-state index in [1.54, 1.807) is 48.4 Å². The fourth-order valence-electron chi connectivity index (χ4n) is 4.81. The first-order valence-corrected chi connectivity index (χ1v) is 13.2. The Kier molecular flexibility index (Phi) is 7.97. The zero-order chi connectivity index (χ0) is 29.1. The number of hydrogen-bond acceptors (Lipinski definition) is 7. The Bertz CT molecular complexity index is 1520. The van der Waals surface area contributed by atoms with Gasteiger partial charge in [0, 0.05) is 60.5 Å². The summed E-state index contributed by atoms with van der Waals surface area (Å²) in [7, 11) is 1.80. The summed E-state index contributed by atoms with van der Waals surface area (Å²) >= 11 is 0. The van der Waals surface area contributed by atoms with Crippen molar-refractivity contribution in [1.29, 1.82) is 0 Å². The van der Waals surface area contributed by atoms with Gasteiger partial charge >= 0.3 is 6.36 Å². The molecule has 5 rings (SSSR count). The van der Waals surface area contributed by atoms with Gasteiger partial charge in [-0.1, -0.05) is 11.3 Å². The molecule has 1 amide bonds. The summed E-state index contributed by atoms with van der Waals surface area (Å²) in [5.74, 6) is -0.903. The Hall–Kier alpha value is -4.39. The van der Waals surface area contributed by atoms with E-state index >= 15 is 0 Å². The largest absolute Gasteiger partial charge is 0.573 e. The van der Waals surface area contributed by atoms with Crippen molar-refractivity contribution in [2.45, 2.75) is 33.1 Å². The first-order chi connectivity index (χ1) is 19.6. The Morgan fingerprint density at radius 1 is 1.15 bits per heavy atom. The molecule has 1 fully saturated rings. The third kappa shape index (κ3) is 6.85. The molecule has 4 aromatic rings. The Balaban J connectivity index is 1.37. The van der Waals surface area contributed by atoms with Crippen molar-refractivity contribution >= 4 is 17.3 Å². The second-order valence-electron chi connectivity index (χ2n) is 10.1. The second-order valence-corrected chi connectivity index (χ2v) is 10.1. The number of aromatic amines is 1. The molecular weight excluding hydrogens is 537 g/mol. The number of amides is 1. The molecule has 0 bridgehead atoms. The van der Waals surface area contributed by atoms with Gasteiger partial charge in [0.1, 0.15) is 11.4 Å². The molecule has 1 aliphatic heterocycles. The van der Waals surface area contributed by atoms with E-state index in [0.29, 0.717) is 29.2 Å². The fourth-order valence-corrected chi connectivity index (χ4v) is 4.81. The SMILES string of the molecule is Cc1ccc(C(=O)Nc2cc(OC(F)(F)F)cc(N(C)CCN3CCCC3)c2)cc1-n1cc(-c2cn[nH]c2C)nn1. The van der Waals surface area contributed by atoms with E-state index in [-0.39, 0.29) is 5.69 Å². The van der Waals surface area contributed by atoms with Crippen LogP contribution in [0.5, 0.6) is 5.75 Å². The molecule has 0 atom stereocenters. The molecule has 0 unspecified atom stereocenters. The Morgan fingerprint density at radius 2 is 1.93 bits per heavy atom. The maximum atomic E-state index is 13.3. The molecule has 3 heterocycles. The number of benzene rings is 2. The summed E-state index contributed by atoms with van der Waals surface area (Å²) in [6.07, 6.45) is 0.833. The van der Waals surface area contributed by atoms with Gasteiger partial charge in [-0.15, -0.1) is 18.3 Å². The van der Waals surface area contributed by atoms with Gasteiger partial charge in [0.15, 0.2) is 0 Å². The summed E-state index contributed by atoms with van der Waals surface area (Å²) in [4.78, 5) is 17.4. The normalized spacial score (nSPS) is 13.9. The van der Waals surface area contributed by atoms with Gasteiger partial charge in [-0.3, -0.25) is 9.89 Å². The number of ether oxygens (including phenoxy) is 1. The highest BCUT2D eigenvalue weighted by Crippen LogP contribution is 2.31. The Morgan fingerprint density at radius 3 is 2.63 bits per heavy atom. The average Bonchev–Trinajstić information content (AvgIpc) is 3.68. The number of nitrogens with one attached hydrogen (secondary N) is 2. The molecule has 2 aromatic heterocycles. The molecule has 2 aromatic carbocycles. The highest BCUT2D eigenvalue weighted by atomic mass is 19.4. The van der Waals surface area contributed by atoms with Crippen molar-refractivity contribution in [1.82, 2.24) is 30.1 Å². The maximum absolute atomic E-state index is 13.3. The number of rotatable bonds is 9. The second kappa shape index (κ2) is 11.6. The van der Waals surface area contributed by atoms with Crippen molar-refractivity contribution < 1.29 is 22.7 Å². The van der Waals surface area contributed by atoms with E-state index in [1.165, 1.54) is 6.07 Å². The van der Waals surface area contributed by atoms with Crippen LogP contribution in [0.1, 0.15) is 34.5 Å². The van der Waals surface area contributed by atoms with Crippen molar-refractivity contribution in [2.75, 3.05) is 43.4 Å². The lowest BCUT2D eigenvalue weighted by Crippen LogP contribution is -2.31. The van der Waals surface area contributed by atoms with Gasteiger partial charge in [0.25, 0.3) is 5.91 Å². The van der Waals surface area contributed by atoms with Crippen LogP contribution in [0.3, 0.4) is 0 Å². The predicted octanol–water partition coefficient (Wildman–Crippen LogP) is 4.96. The third-order valence-electron chi connectivity index (χ3n) is 7.09. The minimum Gasteiger partial charge on any atom is -0.406 e. The van der Waals surface area contributed by atoms with Gasteiger partial charge in [-0.25, -0.2) is 4.68 Å². The molecular formula is C28H31F3N8O2.